The Hall–Kier alpha value is -1.48. The fourth-order valence-corrected chi connectivity index (χ4v) is 2.18. The Morgan fingerprint density at radius 3 is 2.00 bits per heavy atom. The van der Waals surface area contributed by atoms with Crippen LogP contribution in [0.15, 0.2) is 42.5 Å². The summed E-state index contributed by atoms with van der Waals surface area (Å²) >= 11 is 6.10. The lowest BCUT2D eigenvalue weighted by molar-refractivity contribution is -0.137. The highest BCUT2D eigenvalue weighted by molar-refractivity contribution is 6.31. The molecule has 0 saturated carbocycles. The molecule has 2 aromatic carbocycles. The molecule has 0 N–H and O–H groups in total. The zero-order valence-corrected chi connectivity index (χ0v) is 11.0. The number of benzene rings is 2. The van der Waals surface area contributed by atoms with Gasteiger partial charge in [-0.15, -0.1) is 0 Å². The summed E-state index contributed by atoms with van der Waals surface area (Å²) in [5.74, 6) is 0. The van der Waals surface area contributed by atoms with Crippen molar-refractivity contribution in [2.75, 3.05) is 0 Å². The van der Waals surface area contributed by atoms with E-state index in [0.717, 1.165) is 35.2 Å². The average Bonchev–Trinajstić information content (AvgIpc) is 2.38. The fraction of sp³-hybridized carbons (Fsp3) is 0.200. The highest BCUT2D eigenvalue weighted by Gasteiger charge is 2.29. The van der Waals surface area contributed by atoms with E-state index in [1.165, 1.54) is 12.1 Å². The lowest BCUT2D eigenvalue weighted by atomic mass is 10.0. The van der Waals surface area contributed by atoms with Crippen molar-refractivity contribution < 1.29 is 13.2 Å². The molecule has 2 rings (SSSR count). The van der Waals surface area contributed by atoms with E-state index in [1.54, 1.807) is 6.07 Å². The molecule has 0 atom stereocenters. The molecule has 4 heteroatoms. The van der Waals surface area contributed by atoms with Crippen LogP contribution in [0.3, 0.4) is 0 Å². The second-order valence-electron chi connectivity index (χ2n) is 4.23. The van der Waals surface area contributed by atoms with Gasteiger partial charge in [-0.3, -0.25) is 0 Å². The second-order valence-corrected chi connectivity index (χ2v) is 4.64. The number of halogens is 4. The van der Waals surface area contributed by atoms with E-state index in [4.69, 9.17) is 11.6 Å². The van der Waals surface area contributed by atoms with Gasteiger partial charge in [0.2, 0.25) is 0 Å². The minimum atomic E-state index is -4.30. The van der Waals surface area contributed by atoms with Crippen molar-refractivity contribution in [1.29, 1.82) is 0 Å². The molecule has 0 aliphatic carbocycles. The normalized spacial score (nSPS) is 11.6. The maximum atomic E-state index is 12.5. The van der Waals surface area contributed by atoms with Crippen molar-refractivity contribution in [3.63, 3.8) is 0 Å². The SMILES string of the molecule is CCc1ccc(-c2ccc(C(F)(F)F)cc2)cc1Cl. The largest absolute Gasteiger partial charge is 0.416 e. The summed E-state index contributed by atoms with van der Waals surface area (Å²) in [4.78, 5) is 0. The van der Waals surface area contributed by atoms with E-state index in [1.807, 2.05) is 19.1 Å². The van der Waals surface area contributed by atoms with Gasteiger partial charge in [0.05, 0.1) is 5.56 Å². The van der Waals surface area contributed by atoms with Crippen LogP contribution in [-0.2, 0) is 12.6 Å². The van der Waals surface area contributed by atoms with E-state index < -0.39 is 11.7 Å². The molecular formula is C15H12ClF3. The molecular weight excluding hydrogens is 273 g/mol. The highest BCUT2D eigenvalue weighted by atomic mass is 35.5. The van der Waals surface area contributed by atoms with Crippen LogP contribution < -0.4 is 0 Å². The van der Waals surface area contributed by atoms with Gasteiger partial charge in [-0.25, -0.2) is 0 Å². The molecule has 2 aromatic rings. The number of hydrogen-bond donors (Lipinski definition) is 0. The van der Waals surface area contributed by atoms with Crippen molar-refractivity contribution >= 4 is 11.6 Å². The smallest absolute Gasteiger partial charge is 0.166 e. The summed E-state index contributed by atoms with van der Waals surface area (Å²) in [6, 6.07) is 10.6. The summed E-state index contributed by atoms with van der Waals surface area (Å²) in [6.45, 7) is 2.00. The lowest BCUT2D eigenvalue weighted by Crippen LogP contribution is -2.03. The monoisotopic (exact) mass is 284 g/mol. The Morgan fingerprint density at radius 2 is 1.53 bits per heavy atom. The predicted molar refractivity (Wildman–Crippen MR) is 71.3 cm³/mol. The first kappa shape index (κ1) is 13.9. The van der Waals surface area contributed by atoms with Crippen molar-refractivity contribution in [1.82, 2.24) is 0 Å². The molecule has 0 radical (unpaired) electrons. The van der Waals surface area contributed by atoms with Gasteiger partial charge in [-0.05, 0) is 41.3 Å². The molecule has 0 unspecified atom stereocenters. The summed E-state index contributed by atoms with van der Waals surface area (Å²) in [7, 11) is 0. The van der Waals surface area contributed by atoms with Crippen LogP contribution in [0.2, 0.25) is 5.02 Å². The van der Waals surface area contributed by atoms with Crippen LogP contribution in [0.4, 0.5) is 13.2 Å². The Bertz CT molecular complexity index is 571. The summed E-state index contributed by atoms with van der Waals surface area (Å²) < 4.78 is 37.4. The average molecular weight is 285 g/mol. The first-order valence-electron chi connectivity index (χ1n) is 5.88. The van der Waals surface area contributed by atoms with Gasteiger partial charge < -0.3 is 0 Å². The van der Waals surface area contributed by atoms with Gasteiger partial charge in [0, 0.05) is 5.02 Å². The molecule has 0 nitrogen and oxygen atoms in total. The van der Waals surface area contributed by atoms with Crippen LogP contribution in [-0.4, -0.2) is 0 Å². The van der Waals surface area contributed by atoms with Crippen molar-refractivity contribution in [3.05, 3.63) is 58.6 Å². The van der Waals surface area contributed by atoms with Crippen molar-refractivity contribution in [3.8, 4) is 11.1 Å². The minimum absolute atomic E-state index is 0.639. The Labute approximate surface area is 114 Å². The zero-order valence-electron chi connectivity index (χ0n) is 10.3. The van der Waals surface area contributed by atoms with Gasteiger partial charge >= 0.3 is 6.18 Å². The molecule has 100 valence electrons. The lowest BCUT2D eigenvalue weighted by Gasteiger charge is -2.09. The van der Waals surface area contributed by atoms with Crippen molar-refractivity contribution in [2.45, 2.75) is 19.5 Å². The van der Waals surface area contributed by atoms with Gasteiger partial charge in [0.15, 0.2) is 0 Å². The quantitative estimate of drug-likeness (QED) is 0.674. The number of alkyl halides is 3. The molecule has 0 aliphatic heterocycles. The Balaban J connectivity index is 2.35. The van der Waals surface area contributed by atoms with Gasteiger partial charge in [-0.1, -0.05) is 42.8 Å². The molecule has 19 heavy (non-hydrogen) atoms. The molecule has 0 heterocycles. The Morgan fingerprint density at radius 1 is 0.947 bits per heavy atom. The zero-order chi connectivity index (χ0) is 14.0. The molecule has 0 amide bonds. The van der Waals surface area contributed by atoms with Crippen LogP contribution in [0, 0.1) is 0 Å². The first-order chi connectivity index (χ1) is 8.91. The highest BCUT2D eigenvalue weighted by Crippen LogP contribution is 2.32. The molecule has 0 saturated heterocycles. The van der Waals surface area contributed by atoms with E-state index in [2.05, 4.69) is 0 Å². The van der Waals surface area contributed by atoms with Crippen LogP contribution in [0.25, 0.3) is 11.1 Å². The maximum absolute atomic E-state index is 12.5. The predicted octanol–water partition coefficient (Wildman–Crippen LogP) is 5.59. The third-order valence-corrected chi connectivity index (χ3v) is 3.33. The number of aryl methyl sites for hydroxylation is 1. The number of hydrogen-bond acceptors (Lipinski definition) is 0. The third kappa shape index (κ3) is 3.10. The molecule has 0 spiro atoms. The molecule has 0 aromatic heterocycles. The van der Waals surface area contributed by atoms with E-state index in [9.17, 15) is 13.2 Å². The summed E-state index contributed by atoms with van der Waals surface area (Å²) in [6.07, 6.45) is -3.48. The Kier molecular flexibility index (Phi) is 3.85. The second kappa shape index (κ2) is 5.25. The standard InChI is InChI=1S/C15H12ClF3/c1-2-10-3-4-12(9-14(10)16)11-5-7-13(8-6-11)15(17,18)19/h3-9H,2H2,1H3. The topological polar surface area (TPSA) is 0 Å². The summed E-state index contributed by atoms with van der Waals surface area (Å²) in [5, 5.41) is 0.639. The van der Waals surface area contributed by atoms with Gasteiger partial charge in [0.25, 0.3) is 0 Å². The first-order valence-corrected chi connectivity index (χ1v) is 6.25. The molecule has 0 bridgehead atoms. The van der Waals surface area contributed by atoms with E-state index in [0.29, 0.717) is 5.02 Å². The van der Waals surface area contributed by atoms with Crippen molar-refractivity contribution in [2.24, 2.45) is 0 Å². The van der Waals surface area contributed by atoms with Gasteiger partial charge in [0.1, 0.15) is 0 Å². The van der Waals surface area contributed by atoms with E-state index in [-0.39, 0.29) is 0 Å². The van der Waals surface area contributed by atoms with E-state index >= 15 is 0 Å². The van der Waals surface area contributed by atoms with Gasteiger partial charge in [-0.2, -0.15) is 13.2 Å². The number of rotatable bonds is 2. The van der Waals surface area contributed by atoms with Crippen LogP contribution >= 0.6 is 11.6 Å². The minimum Gasteiger partial charge on any atom is -0.166 e. The third-order valence-electron chi connectivity index (χ3n) is 2.98. The maximum Gasteiger partial charge on any atom is 0.416 e. The van der Waals surface area contributed by atoms with Crippen LogP contribution in [0.1, 0.15) is 18.1 Å². The molecule has 0 fully saturated rings. The fourth-order valence-electron chi connectivity index (χ4n) is 1.87. The summed E-state index contributed by atoms with van der Waals surface area (Å²) in [5.41, 5.74) is 1.92. The molecule has 0 aliphatic rings. The van der Waals surface area contributed by atoms with Crippen LogP contribution in [0.5, 0.6) is 0 Å².